The summed E-state index contributed by atoms with van der Waals surface area (Å²) in [5, 5.41) is 10.6. The predicted octanol–water partition coefficient (Wildman–Crippen LogP) is 2.89. The SMILES string of the molecule is CCOC(=O)c1c(O)c2ccc(OC3CCCCO3)c(C)c2oc1=O. The van der Waals surface area contributed by atoms with Gasteiger partial charge in [0.25, 0.3) is 0 Å². The Morgan fingerprint density at radius 3 is 2.84 bits per heavy atom. The molecule has 134 valence electrons. The van der Waals surface area contributed by atoms with Gasteiger partial charge in [-0.15, -0.1) is 0 Å². The maximum atomic E-state index is 12.1. The van der Waals surface area contributed by atoms with E-state index in [1.165, 1.54) is 0 Å². The molecule has 1 aromatic heterocycles. The van der Waals surface area contributed by atoms with Crippen LogP contribution >= 0.6 is 0 Å². The van der Waals surface area contributed by atoms with Crippen molar-refractivity contribution in [3.05, 3.63) is 33.7 Å². The lowest BCUT2D eigenvalue weighted by molar-refractivity contribution is -0.106. The van der Waals surface area contributed by atoms with Crippen molar-refractivity contribution in [3.63, 3.8) is 0 Å². The van der Waals surface area contributed by atoms with Gasteiger partial charge in [0, 0.05) is 12.0 Å². The van der Waals surface area contributed by atoms with Crippen LogP contribution in [0.3, 0.4) is 0 Å². The van der Waals surface area contributed by atoms with Crippen molar-refractivity contribution in [1.82, 2.24) is 0 Å². The number of hydrogen-bond acceptors (Lipinski definition) is 7. The first-order valence-electron chi connectivity index (χ1n) is 8.27. The largest absolute Gasteiger partial charge is 0.506 e. The van der Waals surface area contributed by atoms with Crippen molar-refractivity contribution >= 4 is 16.9 Å². The summed E-state index contributed by atoms with van der Waals surface area (Å²) in [6.45, 7) is 4.06. The van der Waals surface area contributed by atoms with Gasteiger partial charge >= 0.3 is 11.6 Å². The molecular formula is C18H20O7. The molecule has 0 amide bonds. The van der Waals surface area contributed by atoms with E-state index >= 15 is 0 Å². The highest BCUT2D eigenvalue weighted by Crippen LogP contribution is 2.34. The second kappa shape index (κ2) is 7.14. The van der Waals surface area contributed by atoms with Gasteiger partial charge in [0.15, 0.2) is 11.9 Å². The number of fused-ring (bicyclic) bond motifs is 1. The topological polar surface area (TPSA) is 95.2 Å². The van der Waals surface area contributed by atoms with Crippen LogP contribution in [0.5, 0.6) is 11.5 Å². The van der Waals surface area contributed by atoms with Gasteiger partial charge in [0.1, 0.15) is 17.1 Å². The van der Waals surface area contributed by atoms with Gasteiger partial charge in [0.2, 0.25) is 0 Å². The van der Waals surface area contributed by atoms with Gasteiger partial charge < -0.3 is 23.7 Å². The lowest BCUT2D eigenvalue weighted by Gasteiger charge is -2.24. The zero-order chi connectivity index (χ0) is 18.0. The standard InChI is InChI=1S/C18H20O7/c1-3-22-17(20)14-15(19)11-7-8-12(10(2)16(11)25-18(14)21)24-13-6-4-5-9-23-13/h7-8,13,19H,3-6,9H2,1-2H3. The molecule has 1 N–H and O–H groups in total. The molecule has 0 radical (unpaired) electrons. The van der Waals surface area contributed by atoms with Crippen LogP contribution in [-0.2, 0) is 9.47 Å². The fraction of sp³-hybridized carbons (Fsp3) is 0.444. The van der Waals surface area contributed by atoms with Crippen LogP contribution in [0.2, 0.25) is 0 Å². The summed E-state index contributed by atoms with van der Waals surface area (Å²) in [5.74, 6) is -0.858. The molecule has 0 saturated carbocycles. The first kappa shape index (κ1) is 17.3. The number of carbonyl (C=O) groups is 1. The van der Waals surface area contributed by atoms with Crippen molar-refractivity contribution in [3.8, 4) is 11.5 Å². The van der Waals surface area contributed by atoms with Gasteiger partial charge in [-0.2, -0.15) is 0 Å². The molecule has 1 atom stereocenters. The number of esters is 1. The Labute approximate surface area is 144 Å². The number of hydrogen-bond donors (Lipinski definition) is 1. The van der Waals surface area contributed by atoms with Crippen molar-refractivity contribution in [2.45, 2.75) is 39.4 Å². The Bertz CT molecular complexity index is 847. The molecule has 1 fully saturated rings. The highest BCUT2D eigenvalue weighted by atomic mass is 16.7. The second-order valence-corrected chi connectivity index (χ2v) is 5.81. The van der Waals surface area contributed by atoms with Crippen LogP contribution in [0.4, 0.5) is 0 Å². The van der Waals surface area contributed by atoms with E-state index < -0.39 is 22.9 Å². The lowest BCUT2D eigenvalue weighted by Crippen LogP contribution is -2.25. The van der Waals surface area contributed by atoms with Crippen LogP contribution in [0, 0.1) is 6.92 Å². The molecule has 2 aromatic rings. The Hall–Kier alpha value is -2.54. The molecule has 7 nitrogen and oxygen atoms in total. The molecule has 0 aliphatic carbocycles. The molecule has 2 heterocycles. The van der Waals surface area contributed by atoms with E-state index in [2.05, 4.69) is 0 Å². The summed E-state index contributed by atoms with van der Waals surface area (Å²) in [7, 11) is 0. The quantitative estimate of drug-likeness (QED) is 0.670. The van der Waals surface area contributed by atoms with Crippen LogP contribution in [0.1, 0.15) is 42.1 Å². The number of benzene rings is 1. The molecule has 7 heteroatoms. The van der Waals surface area contributed by atoms with E-state index in [4.69, 9.17) is 18.6 Å². The minimum absolute atomic E-state index is 0.0863. The molecule has 0 bridgehead atoms. The maximum Gasteiger partial charge on any atom is 0.354 e. The first-order chi connectivity index (χ1) is 12.0. The van der Waals surface area contributed by atoms with E-state index in [1.54, 1.807) is 26.0 Å². The van der Waals surface area contributed by atoms with E-state index in [9.17, 15) is 14.7 Å². The average Bonchev–Trinajstić information content (AvgIpc) is 2.59. The zero-order valence-electron chi connectivity index (χ0n) is 14.2. The minimum atomic E-state index is -0.947. The zero-order valence-corrected chi connectivity index (χ0v) is 14.2. The lowest BCUT2D eigenvalue weighted by atomic mass is 10.1. The third-order valence-corrected chi connectivity index (χ3v) is 4.12. The second-order valence-electron chi connectivity index (χ2n) is 5.81. The summed E-state index contributed by atoms with van der Waals surface area (Å²) in [5.41, 5.74) is -0.728. The van der Waals surface area contributed by atoms with E-state index in [0.29, 0.717) is 17.9 Å². The highest BCUT2D eigenvalue weighted by molar-refractivity contribution is 5.99. The number of rotatable bonds is 4. The summed E-state index contributed by atoms with van der Waals surface area (Å²) in [4.78, 5) is 24.0. The summed E-state index contributed by atoms with van der Waals surface area (Å²) in [6, 6.07) is 3.20. The van der Waals surface area contributed by atoms with Crippen molar-refractivity contribution < 1.29 is 28.5 Å². The monoisotopic (exact) mass is 348 g/mol. The Morgan fingerprint density at radius 1 is 1.36 bits per heavy atom. The van der Waals surface area contributed by atoms with Crippen LogP contribution in [0.15, 0.2) is 21.3 Å². The molecule has 25 heavy (non-hydrogen) atoms. The minimum Gasteiger partial charge on any atom is -0.506 e. The van der Waals surface area contributed by atoms with Crippen LogP contribution in [-0.4, -0.2) is 30.6 Å². The van der Waals surface area contributed by atoms with Crippen LogP contribution in [0.25, 0.3) is 11.0 Å². The van der Waals surface area contributed by atoms with Gasteiger partial charge in [-0.1, -0.05) is 0 Å². The maximum absolute atomic E-state index is 12.1. The van der Waals surface area contributed by atoms with Crippen molar-refractivity contribution in [1.29, 1.82) is 0 Å². The van der Waals surface area contributed by atoms with E-state index in [1.807, 2.05) is 0 Å². The average molecular weight is 348 g/mol. The summed E-state index contributed by atoms with van der Waals surface area (Å²) in [6.07, 6.45) is 2.48. The third-order valence-electron chi connectivity index (χ3n) is 4.12. The van der Waals surface area contributed by atoms with E-state index in [-0.39, 0.29) is 23.9 Å². The molecule has 3 rings (SSSR count). The van der Waals surface area contributed by atoms with Crippen LogP contribution < -0.4 is 10.4 Å². The fourth-order valence-corrected chi connectivity index (χ4v) is 2.82. The Morgan fingerprint density at radius 2 is 2.16 bits per heavy atom. The molecule has 1 aliphatic heterocycles. The van der Waals surface area contributed by atoms with E-state index in [0.717, 1.165) is 19.3 Å². The molecular weight excluding hydrogens is 328 g/mol. The van der Waals surface area contributed by atoms with Crippen molar-refractivity contribution in [2.75, 3.05) is 13.2 Å². The molecule has 1 unspecified atom stereocenters. The van der Waals surface area contributed by atoms with Gasteiger partial charge in [-0.25, -0.2) is 9.59 Å². The Kier molecular flexibility index (Phi) is 4.94. The molecule has 0 spiro atoms. The molecule has 1 aromatic carbocycles. The van der Waals surface area contributed by atoms with Gasteiger partial charge in [-0.3, -0.25) is 0 Å². The fourth-order valence-electron chi connectivity index (χ4n) is 2.82. The van der Waals surface area contributed by atoms with Crippen molar-refractivity contribution in [2.24, 2.45) is 0 Å². The highest BCUT2D eigenvalue weighted by Gasteiger charge is 2.24. The first-order valence-corrected chi connectivity index (χ1v) is 8.27. The van der Waals surface area contributed by atoms with Gasteiger partial charge in [-0.05, 0) is 38.8 Å². The Balaban J connectivity index is 2.03. The molecule has 1 aliphatic rings. The number of aryl methyl sites for hydroxylation is 1. The summed E-state index contributed by atoms with van der Waals surface area (Å²) < 4.78 is 21.4. The third kappa shape index (κ3) is 3.32. The summed E-state index contributed by atoms with van der Waals surface area (Å²) >= 11 is 0. The van der Waals surface area contributed by atoms with Gasteiger partial charge in [0.05, 0.1) is 18.6 Å². The smallest absolute Gasteiger partial charge is 0.354 e. The number of aromatic hydroxyl groups is 1. The molecule has 1 saturated heterocycles. The number of ether oxygens (including phenoxy) is 3. The normalized spacial score (nSPS) is 17.4. The predicted molar refractivity (Wildman–Crippen MR) is 89.1 cm³/mol. The number of carbonyl (C=O) groups excluding carboxylic acids is 1.